The molecule has 0 fully saturated rings. The van der Waals surface area contributed by atoms with E-state index < -0.39 is 0 Å². The van der Waals surface area contributed by atoms with Gasteiger partial charge in [0, 0.05) is 5.69 Å². The number of nitrogens with zero attached hydrogens (tertiary/aromatic N) is 2. The summed E-state index contributed by atoms with van der Waals surface area (Å²) in [6.07, 6.45) is 0. The first kappa shape index (κ1) is 13.6. The average molecular weight is 267 g/mol. The number of para-hydroxylation sites is 1. The van der Waals surface area contributed by atoms with Crippen LogP contribution in [-0.2, 0) is 6.54 Å². The third-order valence-electron chi connectivity index (χ3n) is 2.55. The van der Waals surface area contributed by atoms with E-state index in [1.165, 1.54) is 0 Å². The summed E-state index contributed by atoms with van der Waals surface area (Å²) >= 11 is 0. The van der Waals surface area contributed by atoms with Gasteiger partial charge in [-0.3, -0.25) is 0 Å². The van der Waals surface area contributed by atoms with Crippen LogP contribution in [0.3, 0.4) is 0 Å². The van der Waals surface area contributed by atoms with E-state index in [1.54, 1.807) is 0 Å². The van der Waals surface area contributed by atoms with Crippen molar-refractivity contribution in [3.63, 3.8) is 0 Å². The predicted molar refractivity (Wildman–Crippen MR) is 83.5 cm³/mol. The van der Waals surface area contributed by atoms with Crippen molar-refractivity contribution >= 4 is 17.6 Å². The highest BCUT2D eigenvalue weighted by Crippen LogP contribution is 2.04. The van der Waals surface area contributed by atoms with Gasteiger partial charge in [-0.1, -0.05) is 48.5 Å². The minimum absolute atomic E-state index is 0.148. The molecule has 2 rings (SSSR count). The van der Waals surface area contributed by atoms with E-state index in [0.717, 1.165) is 11.3 Å². The van der Waals surface area contributed by atoms with Crippen LogP contribution in [0.1, 0.15) is 5.56 Å². The third-order valence-corrected chi connectivity index (χ3v) is 2.55. The van der Waals surface area contributed by atoms with Crippen LogP contribution in [0.25, 0.3) is 0 Å². The summed E-state index contributed by atoms with van der Waals surface area (Å²) in [5.74, 6) is 0.361. The van der Waals surface area contributed by atoms with Gasteiger partial charge in [-0.25, -0.2) is 4.99 Å². The number of aliphatic imine (C=N–C) groups is 2. The maximum atomic E-state index is 5.75. The molecular formula is C15H17N5. The van der Waals surface area contributed by atoms with E-state index in [9.17, 15) is 0 Å². The van der Waals surface area contributed by atoms with Crippen molar-refractivity contribution in [2.24, 2.45) is 21.5 Å². The molecule has 0 amide bonds. The molecule has 0 saturated carbocycles. The molecule has 0 bridgehead atoms. The summed E-state index contributed by atoms with van der Waals surface area (Å²) in [6, 6.07) is 19.3. The van der Waals surface area contributed by atoms with Gasteiger partial charge in [-0.05, 0) is 17.7 Å². The van der Waals surface area contributed by atoms with Gasteiger partial charge in [-0.15, -0.1) is 0 Å². The second kappa shape index (κ2) is 6.94. The van der Waals surface area contributed by atoms with E-state index in [0.29, 0.717) is 6.54 Å². The van der Waals surface area contributed by atoms with E-state index in [-0.39, 0.29) is 11.9 Å². The van der Waals surface area contributed by atoms with Gasteiger partial charge in [0.1, 0.15) is 0 Å². The average Bonchev–Trinajstić information content (AvgIpc) is 2.47. The fourth-order valence-corrected chi connectivity index (χ4v) is 1.61. The maximum absolute atomic E-state index is 5.75. The summed E-state index contributed by atoms with van der Waals surface area (Å²) in [6.45, 7) is 0.481. The quantitative estimate of drug-likeness (QED) is 0.586. The van der Waals surface area contributed by atoms with Gasteiger partial charge in [0.15, 0.2) is 0 Å². The molecule has 0 radical (unpaired) electrons. The first-order valence-corrected chi connectivity index (χ1v) is 6.24. The van der Waals surface area contributed by atoms with Crippen LogP contribution in [0.2, 0.25) is 0 Å². The molecule has 0 aromatic heterocycles. The molecule has 0 spiro atoms. The predicted octanol–water partition coefficient (Wildman–Crippen LogP) is 1.93. The minimum Gasteiger partial charge on any atom is -0.369 e. The lowest BCUT2D eigenvalue weighted by atomic mass is 10.2. The fourth-order valence-electron chi connectivity index (χ4n) is 1.61. The van der Waals surface area contributed by atoms with Crippen molar-refractivity contribution in [3.05, 3.63) is 66.2 Å². The fraction of sp³-hybridized carbons (Fsp3) is 0.0667. The normalized spacial score (nSPS) is 12.2. The number of guanidine groups is 2. The number of anilines is 1. The van der Waals surface area contributed by atoms with E-state index >= 15 is 0 Å². The molecule has 20 heavy (non-hydrogen) atoms. The first-order chi connectivity index (χ1) is 9.74. The van der Waals surface area contributed by atoms with Gasteiger partial charge < -0.3 is 16.8 Å². The summed E-state index contributed by atoms with van der Waals surface area (Å²) in [5, 5.41) is 2.94. The molecule has 2 aromatic rings. The second-order valence-electron chi connectivity index (χ2n) is 4.15. The molecule has 0 aliphatic rings. The van der Waals surface area contributed by atoms with Crippen LogP contribution in [0, 0.1) is 0 Å². The van der Waals surface area contributed by atoms with Gasteiger partial charge in [-0.2, -0.15) is 4.99 Å². The molecule has 0 atom stereocenters. The van der Waals surface area contributed by atoms with Gasteiger partial charge >= 0.3 is 0 Å². The second-order valence-corrected chi connectivity index (χ2v) is 4.15. The Morgan fingerprint density at radius 2 is 1.50 bits per heavy atom. The van der Waals surface area contributed by atoms with Crippen molar-refractivity contribution in [1.82, 2.24) is 0 Å². The zero-order valence-electron chi connectivity index (χ0n) is 11.0. The zero-order valence-corrected chi connectivity index (χ0v) is 11.0. The summed E-state index contributed by atoms with van der Waals surface area (Å²) in [4.78, 5) is 8.16. The Balaban J connectivity index is 1.95. The topological polar surface area (TPSA) is 88.8 Å². The number of hydrogen-bond acceptors (Lipinski definition) is 1. The smallest absolute Gasteiger partial charge is 0.218 e. The molecule has 0 aliphatic heterocycles. The molecule has 0 unspecified atom stereocenters. The van der Waals surface area contributed by atoms with Crippen LogP contribution in [0.4, 0.5) is 5.69 Å². The van der Waals surface area contributed by atoms with E-state index in [2.05, 4.69) is 15.3 Å². The van der Waals surface area contributed by atoms with E-state index in [1.807, 2.05) is 60.7 Å². The highest BCUT2D eigenvalue weighted by molar-refractivity contribution is 6.00. The molecular weight excluding hydrogens is 250 g/mol. The number of rotatable bonds is 3. The van der Waals surface area contributed by atoms with Crippen molar-refractivity contribution in [3.8, 4) is 0 Å². The summed E-state index contributed by atoms with van der Waals surface area (Å²) in [5.41, 5.74) is 13.4. The van der Waals surface area contributed by atoms with Crippen LogP contribution < -0.4 is 16.8 Å². The van der Waals surface area contributed by atoms with E-state index in [4.69, 9.17) is 11.5 Å². The Hall–Kier alpha value is -2.82. The monoisotopic (exact) mass is 267 g/mol. The number of hydrogen-bond donors (Lipinski definition) is 3. The molecule has 5 heteroatoms. The highest BCUT2D eigenvalue weighted by Gasteiger charge is 1.96. The standard InChI is InChI=1S/C15H17N5/c16-14(18-11-12-7-3-1-4-8-12)20-15(17)19-13-9-5-2-6-10-13/h1-10H,11H2,(H5,16,17,18,19,20). The van der Waals surface area contributed by atoms with Crippen LogP contribution in [0.5, 0.6) is 0 Å². The number of nitrogens with two attached hydrogens (primary N) is 2. The maximum Gasteiger partial charge on any atom is 0.218 e. The molecule has 102 valence electrons. The van der Waals surface area contributed by atoms with Crippen molar-refractivity contribution in [2.45, 2.75) is 6.54 Å². The number of nitrogens with one attached hydrogen (secondary N) is 1. The lowest BCUT2D eigenvalue weighted by Gasteiger charge is -2.04. The molecule has 5 N–H and O–H groups in total. The Bertz CT molecular complexity index is 590. The largest absolute Gasteiger partial charge is 0.369 e. The Labute approximate surface area is 118 Å². The van der Waals surface area contributed by atoms with Gasteiger partial charge in [0.2, 0.25) is 11.9 Å². The van der Waals surface area contributed by atoms with Crippen LogP contribution >= 0.6 is 0 Å². The van der Waals surface area contributed by atoms with Crippen molar-refractivity contribution in [2.75, 3.05) is 5.32 Å². The summed E-state index contributed by atoms with van der Waals surface area (Å²) < 4.78 is 0. The minimum atomic E-state index is 0.148. The van der Waals surface area contributed by atoms with Crippen LogP contribution in [-0.4, -0.2) is 11.9 Å². The lowest BCUT2D eigenvalue weighted by Crippen LogP contribution is -2.26. The SMILES string of the molecule is NC(=NCc1ccccc1)/N=C(\N)Nc1ccccc1. The Morgan fingerprint density at radius 3 is 2.15 bits per heavy atom. The molecule has 0 heterocycles. The molecule has 5 nitrogen and oxygen atoms in total. The van der Waals surface area contributed by atoms with Gasteiger partial charge in [0.25, 0.3) is 0 Å². The first-order valence-electron chi connectivity index (χ1n) is 6.24. The number of benzene rings is 2. The Kier molecular flexibility index (Phi) is 4.72. The summed E-state index contributed by atoms with van der Waals surface area (Å²) in [7, 11) is 0. The van der Waals surface area contributed by atoms with Crippen LogP contribution in [0.15, 0.2) is 70.6 Å². The van der Waals surface area contributed by atoms with Crippen molar-refractivity contribution < 1.29 is 0 Å². The van der Waals surface area contributed by atoms with Crippen molar-refractivity contribution in [1.29, 1.82) is 0 Å². The lowest BCUT2D eigenvalue weighted by molar-refractivity contribution is 1.05. The highest BCUT2D eigenvalue weighted by atomic mass is 15.2. The third kappa shape index (κ3) is 4.45. The molecule has 0 saturated heterocycles. The Morgan fingerprint density at radius 1 is 0.900 bits per heavy atom. The molecule has 0 aliphatic carbocycles. The van der Waals surface area contributed by atoms with Gasteiger partial charge in [0.05, 0.1) is 6.54 Å². The zero-order chi connectivity index (χ0) is 14.2. The molecule has 2 aromatic carbocycles.